The molecule has 162 valence electrons. The first kappa shape index (κ1) is 22.0. The number of hydrogen-bond donors (Lipinski definition) is 2. The van der Waals surface area contributed by atoms with Gasteiger partial charge in [0, 0.05) is 24.5 Å². The molecule has 0 spiro atoms. The number of rotatable bonds is 8. The number of aliphatic hydroxyl groups is 2. The van der Waals surface area contributed by atoms with E-state index < -0.39 is 18.5 Å². The minimum Gasteiger partial charge on any atom is -0.497 e. The van der Waals surface area contributed by atoms with Gasteiger partial charge < -0.3 is 33.9 Å². The fourth-order valence-corrected chi connectivity index (χ4v) is 3.32. The van der Waals surface area contributed by atoms with Gasteiger partial charge in [0.15, 0.2) is 11.5 Å². The molecule has 2 aromatic carbocycles. The number of aliphatic hydroxyl groups excluding tert-OH is 2. The van der Waals surface area contributed by atoms with Gasteiger partial charge in [0.1, 0.15) is 11.5 Å². The van der Waals surface area contributed by atoms with Crippen molar-refractivity contribution in [1.29, 1.82) is 0 Å². The molecule has 0 radical (unpaired) electrons. The summed E-state index contributed by atoms with van der Waals surface area (Å²) in [6.45, 7) is -0.181. The predicted octanol–water partition coefficient (Wildman–Crippen LogP) is 3.12. The lowest BCUT2D eigenvalue weighted by molar-refractivity contribution is -0.185. The molecule has 3 unspecified atom stereocenters. The van der Waals surface area contributed by atoms with Crippen LogP contribution < -0.4 is 18.9 Å². The van der Waals surface area contributed by atoms with Gasteiger partial charge in [-0.2, -0.15) is 0 Å². The van der Waals surface area contributed by atoms with Crippen molar-refractivity contribution < 1.29 is 33.9 Å². The summed E-state index contributed by atoms with van der Waals surface area (Å²) < 4.78 is 28.0. The van der Waals surface area contributed by atoms with Gasteiger partial charge in [-0.1, -0.05) is 24.3 Å². The molecule has 1 aliphatic rings. The maximum atomic E-state index is 10.1. The number of ether oxygens (including phenoxy) is 5. The van der Waals surface area contributed by atoms with Crippen molar-refractivity contribution in [2.45, 2.75) is 31.3 Å². The van der Waals surface area contributed by atoms with E-state index in [2.05, 4.69) is 0 Å². The smallest absolute Gasteiger partial charge is 0.202 e. The maximum Gasteiger partial charge on any atom is 0.202 e. The van der Waals surface area contributed by atoms with Crippen LogP contribution in [-0.4, -0.2) is 56.6 Å². The highest BCUT2D eigenvalue weighted by atomic mass is 16.7. The third kappa shape index (κ3) is 5.44. The van der Waals surface area contributed by atoms with Crippen LogP contribution in [0.15, 0.2) is 36.4 Å². The standard InChI is InChI=1S/C23H28O7/c1-26-18-6-4-5-15(9-18)7-8-16-10-19(27-2)13-21(28-3)23(16)30-22-12-17(25)11-20(14-24)29-22/h4-10,13,17,20,22,24-25H,11-12,14H2,1-3H3/b8-7+. The second-order valence-corrected chi connectivity index (χ2v) is 6.97. The lowest BCUT2D eigenvalue weighted by atomic mass is 10.1. The topological polar surface area (TPSA) is 86.6 Å². The van der Waals surface area contributed by atoms with Crippen LogP contribution in [0.1, 0.15) is 24.0 Å². The molecule has 2 N–H and O–H groups in total. The van der Waals surface area contributed by atoms with Crippen molar-refractivity contribution in [1.82, 2.24) is 0 Å². The fourth-order valence-electron chi connectivity index (χ4n) is 3.32. The molecule has 0 bridgehead atoms. The van der Waals surface area contributed by atoms with Gasteiger partial charge in [-0.25, -0.2) is 0 Å². The zero-order valence-electron chi connectivity index (χ0n) is 17.4. The van der Waals surface area contributed by atoms with E-state index in [1.807, 2.05) is 42.5 Å². The Morgan fingerprint density at radius 3 is 2.50 bits per heavy atom. The first-order chi connectivity index (χ1) is 14.6. The second kappa shape index (κ2) is 10.3. The van der Waals surface area contributed by atoms with Crippen LogP contribution in [0.25, 0.3) is 12.2 Å². The molecule has 7 heteroatoms. The van der Waals surface area contributed by atoms with Crippen LogP contribution in [-0.2, 0) is 4.74 Å². The van der Waals surface area contributed by atoms with E-state index in [9.17, 15) is 10.2 Å². The molecule has 1 aliphatic heterocycles. The van der Waals surface area contributed by atoms with Crippen LogP contribution in [0.4, 0.5) is 0 Å². The van der Waals surface area contributed by atoms with Crippen molar-refractivity contribution in [3.63, 3.8) is 0 Å². The highest BCUT2D eigenvalue weighted by Crippen LogP contribution is 2.39. The molecular weight excluding hydrogens is 388 g/mol. The zero-order chi connectivity index (χ0) is 21.5. The Bertz CT molecular complexity index is 865. The monoisotopic (exact) mass is 416 g/mol. The van der Waals surface area contributed by atoms with Gasteiger partial charge in [0.2, 0.25) is 6.29 Å². The first-order valence-corrected chi connectivity index (χ1v) is 9.75. The molecule has 30 heavy (non-hydrogen) atoms. The summed E-state index contributed by atoms with van der Waals surface area (Å²) in [4.78, 5) is 0. The van der Waals surface area contributed by atoms with Crippen molar-refractivity contribution in [2.24, 2.45) is 0 Å². The summed E-state index contributed by atoms with van der Waals surface area (Å²) in [5.74, 6) is 2.32. The van der Waals surface area contributed by atoms with E-state index in [-0.39, 0.29) is 6.61 Å². The summed E-state index contributed by atoms with van der Waals surface area (Å²) in [7, 11) is 4.75. The minimum absolute atomic E-state index is 0.181. The molecular formula is C23H28O7. The predicted molar refractivity (Wildman–Crippen MR) is 113 cm³/mol. The van der Waals surface area contributed by atoms with Gasteiger partial charge in [-0.3, -0.25) is 0 Å². The fraction of sp³-hybridized carbons (Fsp3) is 0.391. The van der Waals surface area contributed by atoms with Gasteiger partial charge in [-0.05, 0) is 23.8 Å². The van der Waals surface area contributed by atoms with Crippen LogP contribution in [0.5, 0.6) is 23.0 Å². The second-order valence-electron chi connectivity index (χ2n) is 6.97. The molecule has 1 heterocycles. The van der Waals surface area contributed by atoms with Gasteiger partial charge >= 0.3 is 0 Å². The van der Waals surface area contributed by atoms with Crippen molar-refractivity contribution in [3.05, 3.63) is 47.5 Å². The highest BCUT2D eigenvalue weighted by Gasteiger charge is 2.30. The van der Waals surface area contributed by atoms with Crippen LogP contribution in [0, 0.1) is 0 Å². The van der Waals surface area contributed by atoms with Gasteiger partial charge in [0.05, 0.1) is 40.1 Å². The molecule has 3 rings (SSSR count). The van der Waals surface area contributed by atoms with Crippen molar-refractivity contribution in [2.75, 3.05) is 27.9 Å². The Morgan fingerprint density at radius 1 is 1.00 bits per heavy atom. The van der Waals surface area contributed by atoms with Crippen LogP contribution in [0.2, 0.25) is 0 Å². The van der Waals surface area contributed by atoms with E-state index in [0.29, 0.717) is 30.1 Å². The third-order valence-corrected chi connectivity index (χ3v) is 4.86. The Labute approximate surface area is 176 Å². The summed E-state index contributed by atoms with van der Waals surface area (Å²) in [5, 5.41) is 19.5. The minimum atomic E-state index is -0.711. The molecule has 7 nitrogen and oxygen atoms in total. The van der Waals surface area contributed by atoms with E-state index in [4.69, 9.17) is 23.7 Å². The third-order valence-electron chi connectivity index (χ3n) is 4.86. The van der Waals surface area contributed by atoms with Crippen molar-refractivity contribution in [3.8, 4) is 23.0 Å². The Kier molecular flexibility index (Phi) is 7.57. The van der Waals surface area contributed by atoms with Crippen LogP contribution >= 0.6 is 0 Å². The Hall–Kier alpha value is -2.74. The van der Waals surface area contributed by atoms with E-state index >= 15 is 0 Å². The lowest BCUT2D eigenvalue weighted by Crippen LogP contribution is -2.40. The molecule has 1 fully saturated rings. The number of hydrogen-bond acceptors (Lipinski definition) is 7. The molecule has 2 aromatic rings. The highest BCUT2D eigenvalue weighted by molar-refractivity contribution is 5.75. The first-order valence-electron chi connectivity index (χ1n) is 9.75. The number of benzene rings is 2. The molecule has 0 amide bonds. The number of methoxy groups -OCH3 is 3. The summed E-state index contributed by atoms with van der Waals surface area (Å²) in [5.41, 5.74) is 1.67. The van der Waals surface area contributed by atoms with Gasteiger partial charge in [-0.15, -0.1) is 0 Å². The molecule has 1 saturated heterocycles. The average Bonchev–Trinajstić information content (AvgIpc) is 2.77. The van der Waals surface area contributed by atoms with Gasteiger partial charge in [0.25, 0.3) is 0 Å². The SMILES string of the molecule is COc1cccc(/C=C/c2cc(OC)cc(OC)c2OC2CC(O)CC(CO)O2)c1. The molecule has 0 aliphatic carbocycles. The normalized spacial score (nSPS) is 21.4. The quantitative estimate of drug-likeness (QED) is 0.640. The lowest BCUT2D eigenvalue weighted by Gasteiger charge is -2.32. The summed E-state index contributed by atoms with van der Waals surface area (Å²) >= 11 is 0. The molecule has 0 saturated carbocycles. The Balaban J connectivity index is 1.93. The summed E-state index contributed by atoms with van der Waals surface area (Å²) in [6, 6.07) is 11.2. The van der Waals surface area contributed by atoms with Crippen LogP contribution in [0.3, 0.4) is 0 Å². The van der Waals surface area contributed by atoms with E-state index in [1.165, 1.54) is 0 Å². The van der Waals surface area contributed by atoms with E-state index in [0.717, 1.165) is 16.9 Å². The Morgan fingerprint density at radius 2 is 1.80 bits per heavy atom. The molecule has 0 aromatic heterocycles. The van der Waals surface area contributed by atoms with Crippen molar-refractivity contribution >= 4 is 12.2 Å². The largest absolute Gasteiger partial charge is 0.497 e. The van der Waals surface area contributed by atoms with E-state index in [1.54, 1.807) is 27.4 Å². The summed E-state index contributed by atoms with van der Waals surface area (Å²) in [6.07, 6.45) is 2.69. The molecule has 3 atom stereocenters. The zero-order valence-corrected chi connectivity index (χ0v) is 17.4. The average molecular weight is 416 g/mol. The maximum absolute atomic E-state index is 10.1.